The lowest BCUT2D eigenvalue weighted by Crippen LogP contribution is -2.17. The van der Waals surface area contributed by atoms with Crippen molar-refractivity contribution in [1.82, 2.24) is 0 Å². The van der Waals surface area contributed by atoms with Gasteiger partial charge in [-0.25, -0.2) is 0 Å². The van der Waals surface area contributed by atoms with Gasteiger partial charge in [0.1, 0.15) is 0 Å². The lowest BCUT2D eigenvalue weighted by atomic mass is 9.87. The fourth-order valence-electron chi connectivity index (χ4n) is 2.86. The van der Waals surface area contributed by atoms with Gasteiger partial charge in [0.05, 0.1) is 6.10 Å². The third-order valence-electron chi connectivity index (χ3n) is 3.87. The molecule has 1 rings (SSSR count). The summed E-state index contributed by atoms with van der Waals surface area (Å²) in [5.74, 6) is 0.426. The molecule has 0 unspecified atom stereocenters. The van der Waals surface area contributed by atoms with E-state index in [0.29, 0.717) is 18.3 Å². The number of aliphatic carboxylic acids is 1. The molecule has 0 radical (unpaired) electrons. The molecule has 0 aromatic carbocycles. The Hall–Kier alpha value is -1.09. The molecule has 0 aromatic heterocycles. The molecule has 1 aliphatic rings. The molecule has 1 aliphatic carbocycles. The topological polar surface area (TPSA) is 57.5 Å². The maximum atomic E-state index is 10.3. The Balaban J connectivity index is 2.31. The summed E-state index contributed by atoms with van der Waals surface area (Å²) < 4.78 is 0. The highest BCUT2D eigenvalue weighted by Crippen LogP contribution is 2.39. The summed E-state index contributed by atoms with van der Waals surface area (Å²) in [6, 6.07) is 0. The minimum Gasteiger partial charge on any atom is -0.481 e. The zero-order chi connectivity index (χ0) is 13.5. The van der Waals surface area contributed by atoms with E-state index in [1.807, 2.05) is 12.2 Å². The molecular formula is C15H24O3. The van der Waals surface area contributed by atoms with Crippen LogP contribution in [-0.2, 0) is 4.79 Å². The number of hydrogen-bond donors (Lipinski definition) is 2. The smallest absolute Gasteiger partial charge is 0.303 e. The van der Waals surface area contributed by atoms with Crippen LogP contribution >= 0.6 is 0 Å². The molecule has 0 aromatic rings. The van der Waals surface area contributed by atoms with E-state index in [9.17, 15) is 9.90 Å². The molecule has 2 N–H and O–H groups in total. The van der Waals surface area contributed by atoms with E-state index < -0.39 is 5.97 Å². The Kier molecular flexibility index (Phi) is 6.13. The largest absolute Gasteiger partial charge is 0.481 e. The number of carbonyl (C=O) groups is 1. The van der Waals surface area contributed by atoms with E-state index in [1.54, 1.807) is 0 Å². The quantitative estimate of drug-likeness (QED) is 0.541. The SMILES string of the molecule is C=C[C@@H]1[C@@H](C/C=C\CCCC(=O)O)[C@@H](O)C[C@H]1C. The van der Waals surface area contributed by atoms with E-state index in [-0.39, 0.29) is 18.4 Å². The maximum Gasteiger partial charge on any atom is 0.303 e. The summed E-state index contributed by atoms with van der Waals surface area (Å²) in [6.45, 7) is 6.01. The van der Waals surface area contributed by atoms with Gasteiger partial charge < -0.3 is 10.2 Å². The van der Waals surface area contributed by atoms with Gasteiger partial charge in [-0.2, -0.15) is 0 Å². The molecular weight excluding hydrogens is 228 g/mol. The molecule has 4 atom stereocenters. The van der Waals surface area contributed by atoms with Crippen molar-refractivity contribution in [3.63, 3.8) is 0 Å². The minimum atomic E-state index is -0.741. The van der Waals surface area contributed by atoms with Crippen molar-refractivity contribution in [2.24, 2.45) is 17.8 Å². The van der Waals surface area contributed by atoms with Gasteiger partial charge in [0, 0.05) is 6.42 Å². The van der Waals surface area contributed by atoms with Crippen LogP contribution in [0.5, 0.6) is 0 Å². The summed E-state index contributed by atoms with van der Waals surface area (Å²) in [5.41, 5.74) is 0. The third-order valence-corrected chi connectivity index (χ3v) is 3.87. The predicted molar refractivity (Wildman–Crippen MR) is 72.2 cm³/mol. The van der Waals surface area contributed by atoms with E-state index in [2.05, 4.69) is 19.6 Å². The highest BCUT2D eigenvalue weighted by Gasteiger charge is 2.37. The number of carboxylic acids is 1. The number of aliphatic hydroxyl groups excluding tert-OH is 1. The fourth-order valence-corrected chi connectivity index (χ4v) is 2.86. The highest BCUT2D eigenvalue weighted by molar-refractivity contribution is 5.66. The maximum absolute atomic E-state index is 10.3. The van der Waals surface area contributed by atoms with Crippen molar-refractivity contribution in [2.75, 3.05) is 0 Å². The third kappa shape index (κ3) is 4.30. The second kappa shape index (κ2) is 7.37. The molecule has 18 heavy (non-hydrogen) atoms. The monoisotopic (exact) mass is 252 g/mol. The van der Waals surface area contributed by atoms with Crippen molar-refractivity contribution < 1.29 is 15.0 Å². The Morgan fingerprint density at radius 1 is 1.44 bits per heavy atom. The molecule has 102 valence electrons. The normalized spacial score (nSPS) is 31.9. The predicted octanol–water partition coefficient (Wildman–Crippen LogP) is 3.01. The summed E-state index contributed by atoms with van der Waals surface area (Å²) in [5, 5.41) is 18.5. The molecule has 3 heteroatoms. The fraction of sp³-hybridized carbons (Fsp3) is 0.667. The van der Waals surface area contributed by atoms with Crippen LogP contribution in [0, 0.1) is 17.8 Å². The number of allylic oxidation sites excluding steroid dienone is 3. The van der Waals surface area contributed by atoms with Crippen LogP contribution in [0.3, 0.4) is 0 Å². The molecule has 0 aliphatic heterocycles. The lowest BCUT2D eigenvalue weighted by molar-refractivity contribution is -0.137. The molecule has 0 spiro atoms. The first-order valence-corrected chi connectivity index (χ1v) is 6.73. The number of carboxylic acid groups (broad SMARTS) is 1. The Bertz CT molecular complexity index is 309. The number of unbranched alkanes of at least 4 members (excludes halogenated alkanes) is 1. The molecule has 0 bridgehead atoms. The lowest BCUT2D eigenvalue weighted by Gasteiger charge is -2.19. The summed E-state index contributed by atoms with van der Waals surface area (Å²) >= 11 is 0. The zero-order valence-electron chi connectivity index (χ0n) is 11.1. The van der Waals surface area contributed by atoms with Crippen molar-refractivity contribution >= 4 is 5.97 Å². The van der Waals surface area contributed by atoms with Gasteiger partial charge >= 0.3 is 5.97 Å². The number of aliphatic hydroxyl groups is 1. The van der Waals surface area contributed by atoms with Gasteiger partial charge in [0.15, 0.2) is 0 Å². The molecule has 0 amide bonds. The van der Waals surface area contributed by atoms with Crippen LogP contribution in [0.15, 0.2) is 24.8 Å². The van der Waals surface area contributed by atoms with E-state index >= 15 is 0 Å². The average molecular weight is 252 g/mol. The zero-order valence-corrected chi connectivity index (χ0v) is 11.1. The van der Waals surface area contributed by atoms with E-state index in [0.717, 1.165) is 19.3 Å². The van der Waals surface area contributed by atoms with Gasteiger partial charge in [-0.05, 0) is 43.4 Å². The molecule has 3 nitrogen and oxygen atoms in total. The highest BCUT2D eigenvalue weighted by atomic mass is 16.4. The first-order chi connectivity index (χ1) is 8.56. The van der Waals surface area contributed by atoms with Crippen LogP contribution in [0.25, 0.3) is 0 Å². The van der Waals surface area contributed by atoms with Crippen molar-refractivity contribution in [3.8, 4) is 0 Å². The standard InChI is InChI=1S/C15H24O3/c1-3-12-11(2)10-14(16)13(12)8-6-4-5-7-9-15(17)18/h3-4,6,11-14,16H,1,5,7-10H2,2H3,(H,17,18)/b6-4-/t11-,12+,13-,14+/m1/s1. The van der Waals surface area contributed by atoms with Crippen molar-refractivity contribution in [1.29, 1.82) is 0 Å². The van der Waals surface area contributed by atoms with E-state index in [4.69, 9.17) is 5.11 Å². The average Bonchev–Trinajstić information content (AvgIpc) is 2.57. The Morgan fingerprint density at radius 3 is 2.78 bits per heavy atom. The first-order valence-electron chi connectivity index (χ1n) is 6.73. The number of rotatable bonds is 7. The Morgan fingerprint density at radius 2 is 2.17 bits per heavy atom. The molecule has 0 saturated heterocycles. The van der Waals surface area contributed by atoms with Crippen molar-refractivity contribution in [2.45, 2.75) is 45.1 Å². The van der Waals surface area contributed by atoms with Gasteiger partial charge in [0.2, 0.25) is 0 Å². The van der Waals surface area contributed by atoms with Gasteiger partial charge in [-0.15, -0.1) is 6.58 Å². The van der Waals surface area contributed by atoms with Crippen LogP contribution in [0.1, 0.15) is 39.0 Å². The van der Waals surface area contributed by atoms with Gasteiger partial charge in [-0.1, -0.05) is 25.2 Å². The molecule has 0 heterocycles. The molecule has 1 saturated carbocycles. The van der Waals surface area contributed by atoms with Crippen LogP contribution in [0.4, 0.5) is 0 Å². The van der Waals surface area contributed by atoms with Crippen LogP contribution < -0.4 is 0 Å². The van der Waals surface area contributed by atoms with Crippen molar-refractivity contribution in [3.05, 3.63) is 24.8 Å². The van der Waals surface area contributed by atoms with Crippen LogP contribution in [-0.4, -0.2) is 22.3 Å². The summed E-state index contributed by atoms with van der Waals surface area (Å²) in [4.78, 5) is 10.3. The van der Waals surface area contributed by atoms with E-state index in [1.165, 1.54) is 0 Å². The van der Waals surface area contributed by atoms with Gasteiger partial charge in [0.25, 0.3) is 0 Å². The second-order valence-corrected chi connectivity index (χ2v) is 5.25. The summed E-state index contributed by atoms with van der Waals surface area (Å²) in [6.07, 6.45) is 9.25. The second-order valence-electron chi connectivity index (χ2n) is 5.25. The molecule has 1 fully saturated rings. The van der Waals surface area contributed by atoms with Crippen LogP contribution in [0.2, 0.25) is 0 Å². The Labute approximate surface area is 109 Å². The number of hydrogen-bond acceptors (Lipinski definition) is 2. The van der Waals surface area contributed by atoms with Gasteiger partial charge in [-0.3, -0.25) is 4.79 Å². The summed E-state index contributed by atoms with van der Waals surface area (Å²) in [7, 11) is 0. The minimum absolute atomic E-state index is 0.225. The first kappa shape index (κ1) is 15.0.